The molecule has 2 aromatic carbocycles. The van der Waals surface area contributed by atoms with Crippen molar-refractivity contribution < 1.29 is 19.1 Å². The van der Waals surface area contributed by atoms with Crippen molar-refractivity contribution in [3.63, 3.8) is 0 Å². The number of thioether (sulfide) groups is 1. The zero-order valence-corrected chi connectivity index (χ0v) is 16.9. The summed E-state index contributed by atoms with van der Waals surface area (Å²) in [6.45, 7) is 5.79. The van der Waals surface area contributed by atoms with Crippen molar-refractivity contribution in [1.82, 2.24) is 0 Å². The lowest BCUT2D eigenvalue weighted by Gasteiger charge is -2.16. The van der Waals surface area contributed by atoms with Gasteiger partial charge >= 0.3 is 5.97 Å². The lowest BCUT2D eigenvalue weighted by molar-refractivity contribution is -0.144. The highest BCUT2D eigenvalue weighted by atomic mass is 32.2. The van der Waals surface area contributed by atoms with E-state index in [2.05, 4.69) is 19.2 Å². The van der Waals surface area contributed by atoms with Gasteiger partial charge in [0.1, 0.15) is 5.75 Å². The summed E-state index contributed by atoms with van der Waals surface area (Å²) in [6.07, 6.45) is 0. The Balaban J connectivity index is 1.82. The summed E-state index contributed by atoms with van der Waals surface area (Å²) in [4.78, 5) is 25.0. The number of hydrogen-bond acceptors (Lipinski definition) is 5. The molecule has 0 aliphatic rings. The molecule has 0 bridgehead atoms. The zero-order chi connectivity index (χ0) is 19.8. The van der Waals surface area contributed by atoms with Crippen LogP contribution in [0.5, 0.6) is 5.75 Å². The molecule has 0 unspecified atom stereocenters. The SMILES string of the molecule is COc1ccc(SCC(=O)OCC(=O)Nc2c(C)cccc2C(C)C)cc1. The van der Waals surface area contributed by atoms with Crippen LogP contribution in [-0.4, -0.2) is 31.3 Å². The maximum atomic E-state index is 12.2. The molecule has 0 aromatic heterocycles. The molecule has 0 spiro atoms. The molecule has 1 amide bonds. The molecule has 0 fully saturated rings. The van der Waals surface area contributed by atoms with Crippen molar-refractivity contribution in [3.05, 3.63) is 53.6 Å². The van der Waals surface area contributed by atoms with Crippen LogP contribution in [-0.2, 0) is 14.3 Å². The fourth-order valence-corrected chi connectivity index (χ4v) is 3.22. The topological polar surface area (TPSA) is 64.6 Å². The third-order valence-electron chi connectivity index (χ3n) is 3.97. The van der Waals surface area contributed by atoms with Gasteiger partial charge in [-0.05, 0) is 48.2 Å². The normalized spacial score (nSPS) is 10.6. The number of methoxy groups -OCH3 is 1. The molecule has 5 nitrogen and oxygen atoms in total. The number of anilines is 1. The molecule has 6 heteroatoms. The molecule has 0 aliphatic heterocycles. The van der Waals surface area contributed by atoms with Crippen molar-refractivity contribution in [1.29, 1.82) is 0 Å². The number of esters is 1. The van der Waals surface area contributed by atoms with Crippen molar-refractivity contribution in [2.75, 3.05) is 24.8 Å². The summed E-state index contributed by atoms with van der Waals surface area (Å²) in [5.74, 6) is 0.411. The van der Waals surface area contributed by atoms with Crippen LogP contribution in [0, 0.1) is 6.92 Å². The molecule has 0 saturated carbocycles. The number of ether oxygens (including phenoxy) is 2. The van der Waals surface area contributed by atoms with Gasteiger partial charge in [0.15, 0.2) is 6.61 Å². The van der Waals surface area contributed by atoms with Gasteiger partial charge in [-0.1, -0.05) is 32.0 Å². The van der Waals surface area contributed by atoms with E-state index in [0.717, 1.165) is 27.5 Å². The van der Waals surface area contributed by atoms with Gasteiger partial charge in [-0.3, -0.25) is 9.59 Å². The van der Waals surface area contributed by atoms with Crippen LogP contribution in [0.3, 0.4) is 0 Å². The fourth-order valence-electron chi connectivity index (χ4n) is 2.52. The lowest BCUT2D eigenvalue weighted by Crippen LogP contribution is -2.22. The molecule has 0 aliphatic carbocycles. The van der Waals surface area contributed by atoms with Gasteiger partial charge in [0.2, 0.25) is 0 Å². The van der Waals surface area contributed by atoms with Crippen LogP contribution in [0.1, 0.15) is 30.9 Å². The minimum atomic E-state index is -0.431. The Morgan fingerprint density at radius 1 is 1.11 bits per heavy atom. The molecule has 2 rings (SSSR count). The number of carbonyl (C=O) groups excluding carboxylic acids is 2. The van der Waals surface area contributed by atoms with Crippen LogP contribution in [0.4, 0.5) is 5.69 Å². The number of benzene rings is 2. The quantitative estimate of drug-likeness (QED) is 0.537. The monoisotopic (exact) mass is 387 g/mol. The van der Waals surface area contributed by atoms with Crippen LogP contribution in [0.15, 0.2) is 47.4 Å². The predicted molar refractivity (Wildman–Crippen MR) is 109 cm³/mol. The minimum absolute atomic E-state index is 0.140. The van der Waals surface area contributed by atoms with Crippen molar-refractivity contribution in [2.45, 2.75) is 31.6 Å². The van der Waals surface area contributed by atoms with Gasteiger partial charge in [-0.2, -0.15) is 0 Å². The van der Waals surface area contributed by atoms with Crippen molar-refractivity contribution in [2.24, 2.45) is 0 Å². The first-order valence-electron chi connectivity index (χ1n) is 8.72. The number of amides is 1. The lowest BCUT2D eigenvalue weighted by atomic mass is 9.98. The van der Waals surface area contributed by atoms with Gasteiger partial charge in [0.05, 0.1) is 12.9 Å². The Labute approximate surface area is 164 Å². The zero-order valence-electron chi connectivity index (χ0n) is 16.1. The third kappa shape index (κ3) is 6.32. The number of rotatable bonds is 8. The van der Waals surface area contributed by atoms with Gasteiger partial charge in [-0.25, -0.2) is 0 Å². The second kappa shape index (κ2) is 10.0. The molecule has 0 saturated heterocycles. The van der Waals surface area contributed by atoms with Crippen LogP contribution in [0.25, 0.3) is 0 Å². The maximum absolute atomic E-state index is 12.2. The van der Waals surface area contributed by atoms with Crippen LogP contribution in [0.2, 0.25) is 0 Å². The van der Waals surface area contributed by atoms with Crippen LogP contribution < -0.4 is 10.1 Å². The van der Waals surface area contributed by atoms with E-state index in [1.54, 1.807) is 7.11 Å². The van der Waals surface area contributed by atoms with E-state index in [-0.39, 0.29) is 24.2 Å². The number of aryl methyl sites for hydroxylation is 1. The standard InChI is InChI=1S/C21H25NO4S/c1-14(2)18-7-5-6-15(3)21(18)22-19(23)12-26-20(24)13-27-17-10-8-16(25-4)9-11-17/h5-11,14H,12-13H2,1-4H3,(H,22,23). The first-order valence-corrected chi connectivity index (χ1v) is 9.71. The predicted octanol–water partition coefficient (Wildman–Crippen LogP) is 4.40. The molecular formula is C21H25NO4S. The Kier molecular flexibility index (Phi) is 7.73. The van der Waals surface area contributed by atoms with E-state index in [4.69, 9.17) is 9.47 Å². The highest BCUT2D eigenvalue weighted by molar-refractivity contribution is 8.00. The smallest absolute Gasteiger partial charge is 0.316 e. The Morgan fingerprint density at radius 3 is 2.44 bits per heavy atom. The van der Waals surface area contributed by atoms with E-state index >= 15 is 0 Å². The van der Waals surface area contributed by atoms with E-state index < -0.39 is 5.97 Å². The maximum Gasteiger partial charge on any atom is 0.316 e. The summed E-state index contributed by atoms with van der Waals surface area (Å²) in [5.41, 5.74) is 2.84. The average Bonchev–Trinajstić information content (AvgIpc) is 2.66. The molecule has 0 atom stereocenters. The van der Waals surface area contributed by atoms with Crippen molar-refractivity contribution in [3.8, 4) is 5.75 Å². The first kappa shape index (κ1) is 20.8. The van der Waals surface area contributed by atoms with Gasteiger partial charge in [0.25, 0.3) is 5.91 Å². The molecule has 27 heavy (non-hydrogen) atoms. The average molecular weight is 388 g/mol. The first-order chi connectivity index (χ1) is 12.9. The fraction of sp³-hybridized carbons (Fsp3) is 0.333. The Hall–Kier alpha value is -2.47. The number of carbonyl (C=O) groups is 2. The number of para-hydroxylation sites is 1. The largest absolute Gasteiger partial charge is 0.497 e. The van der Waals surface area contributed by atoms with Gasteiger partial charge in [0, 0.05) is 10.6 Å². The molecule has 2 aromatic rings. The Morgan fingerprint density at radius 2 is 1.81 bits per heavy atom. The van der Waals surface area contributed by atoms with Crippen molar-refractivity contribution >= 4 is 29.3 Å². The summed E-state index contributed by atoms with van der Waals surface area (Å²) in [6, 6.07) is 13.3. The second-order valence-electron chi connectivity index (χ2n) is 6.37. The van der Waals surface area contributed by atoms with Gasteiger partial charge in [-0.15, -0.1) is 11.8 Å². The highest BCUT2D eigenvalue weighted by Gasteiger charge is 2.13. The van der Waals surface area contributed by atoms with E-state index in [9.17, 15) is 9.59 Å². The minimum Gasteiger partial charge on any atom is -0.497 e. The molecule has 144 valence electrons. The van der Waals surface area contributed by atoms with E-state index in [1.807, 2.05) is 49.4 Å². The van der Waals surface area contributed by atoms with Crippen LogP contribution >= 0.6 is 11.8 Å². The van der Waals surface area contributed by atoms with E-state index in [1.165, 1.54) is 11.8 Å². The molecule has 0 heterocycles. The van der Waals surface area contributed by atoms with E-state index in [0.29, 0.717) is 0 Å². The second-order valence-corrected chi connectivity index (χ2v) is 7.42. The summed E-state index contributed by atoms with van der Waals surface area (Å²) in [7, 11) is 1.60. The highest BCUT2D eigenvalue weighted by Crippen LogP contribution is 2.27. The summed E-state index contributed by atoms with van der Waals surface area (Å²) >= 11 is 1.35. The molecule has 1 N–H and O–H groups in total. The number of nitrogens with one attached hydrogen (secondary N) is 1. The number of hydrogen-bond donors (Lipinski definition) is 1. The summed E-state index contributed by atoms with van der Waals surface area (Å²) < 4.78 is 10.2. The van der Waals surface area contributed by atoms with Gasteiger partial charge < -0.3 is 14.8 Å². The Bertz CT molecular complexity index is 787. The third-order valence-corrected chi connectivity index (χ3v) is 4.96. The summed E-state index contributed by atoms with van der Waals surface area (Å²) in [5, 5.41) is 2.87. The molecule has 0 radical (unpaired) electrons. The molecular weight excluding hydrogens is 362 g/mol.